The minimum absolute atomic E-state index is 0.0195. The van der Waals surface area contributed by atoms with Gasteiger partial charge in [-0.15, -0.1) is 0 Å². The quantitative estimate of drug-likeness (QED) is 0.626. The van der Waals surface area contributed by atoms with Crippen LogP contribution in [-0.4, -0.2) is 38.6 Å². The lowest BCUT2D eigenvalue weighted by Gasteiger charge is -2.35. The summed E-state index contributed by atoms with van der Waals surface area (Å²) in [6.07, 6.45) is 6.09. The van der Waals surface area contributed by atoms with Crippen LogP contribution in [0.25, 0.3) is 0 Å². The molecule has 0 radical (unpaired) electrons. The van der Waals surface area contributed by atoms with Gasteiger partial charge in [0.15, 0.2) is 0 Å². The van der Waals surface area contributed by atoms with Gasteiger partial charge < -0.3 is 21.1 Å². The maximum Gasteiger partial charge on any atom is 0.251 e. The number of hydrogen-bond acceptors (Lipinski definition) is 4. The van der Waals surface area contributed by atoms with E-state index in [1.165, 1.54) is 6.42 Å². The van der Waals surface area contributed by atoms with Crippen LogP contribution in [0.15, 0.2) is 24.3 Å². The monoisotopic (exact) mass is 347 g/mol. The van der Waals surface area contributed by atoms with Crippen LogP contribution in [0.1, 0.15) is 48.9 Å². The predicted octanol–water partition coefficient (Wildman–Crippen LogP) is 1.84. The predicted molar refractivity (Wildman–Crippen MR) is 97.5 cm³/mol. The van der Waals surface area contributed by atoms with Crippen molar-refractivity contribution in [1.29, 1.82) is 0 Å². The van der Waals surface area contributed by atoms with Gasteiger partial charge in [-0.25, -0.2) is 0 Å². The second-order valence-electron chi connectivity index (χ2n) is 6.78. The molecule has 4 N–H and O–H groups in total. The smallest absolute Gasteiger partial charge is 0.251 e. The van der Waals surface area contributed by atoms with Crippen molar-refractivity contribution in [3.8, 4) is 5.75 Å². The molecule has 1 aromatic rings. The van der Waals surface area contributed by atoms with E-state index in [2.05, 4.69) is 10.6 Å². The van der Waals surface area contributed by atoms with E-state index in [1.807, 2.05) is 0 Å². The Kier molecular flexibility index (Phi) is 7.25. The number of nitrogens with two attached hydrogens (primary N) is 1. The van der Waals surface area contributed by atoms with Crippen LogP contribution in [0.3, 0.4) is 0 Å². The van der Waals surface area contributed by atoms with E-state index in [0.717, 1.165) is 25.7 Å². The lowest BCUT2D eigenvalue weighted by atomic mass is 9.71. The Bertz CT molecular complexity index is 566. The number of benzene rings is 1. The summed E-state index contributed by atoms with van der Waals surface area (Å²) in [6, 6.07) is 6.90. The molecule has 138 valence electrons. The number of amides is 2. The molecule has 0 bridgehead atoms. The number of methoxy groups -OCH3 is 1. The van der Waals surface area contributed by atoms with E-state index >= 15 is 0 Å². The van der Waals surface area contributed by atoms with E-state index in [-0.39, 0.29) is 17.2 Å². The van der Waals surface area contributed by atoms with Crippen molar-refractivity contribution in [2.75, 3.05) is 26.7 Å². The zero-order valence-electron chi connectivity index (χ0n) is 15.0. The first kappa shape index (κ1) is 19.2. The Morgan fingerprint density at radius 1 is 1.08 bits per heavy atom. The fourth-order valence-electron chi connectivity index (χ4n) is 3.38. The van der Waals surface area contributed by atoms with Gasteiger partial charge in [-0.1, -0.05) is 19.3 Å². The average Bonchev–Trinajstić information content (AvgIpc) is 2.66. The molecular formula is C19H29N3O3. The molecule has 1 aromatic carbocycles. The molecule has 1 saturated carbocycles. The topological polar surface area (TPSA) is 93.5 Å². The van der Waals surface area contributed by atoms with Crippen molar-refractivity contribution in [2.45, 2.75) is 38.5 Å². The molecule has 0 saturated heterocycles. The summed E-state index contributed by atoms with van der Waals surface area (Å²) in [6.45, 7) is 1.38. The first-order chi connectivity index (χ1) is 12.1. The third-order valence-electron chi connectivity index (χ3n) is 4.97. The Morgan fingerprint density at radius 3 is 2.32 bits per heavy atom. The van der Waals surface area contributed by atoms with E-state index in [1.54, 1.807) is 31.4 Å². The third kappa shape index (κ3) is 5.74. The summed E-state index contributed by atoms with van der Waals surface area (Å²) in [5.41, 5.74) is 6.45. The minimum atomic E-state index is -0.164. The van der Waals surface area contributed by atoms with Crippen LogP contribution in [0, 0.1) is 5.41 Å². The van der Waals surface area contributed by atoms with Gasteiger partial charge in [-0.2, -0.15) is 0 Å². The van der Waals surface area contributed by atoms with E-state index in [4.69, 9.17) is 10.5 Å². The van der Waals surface area contributed by atoms with Crippen LogP contribution in [0.5, 0.6) is 5.75 Å². The first-order valence-corrected chi connectivity index (χ1v) is 8.98. The molecule has 0 heterocycles. The van der Waals surface area contributed by atoms with Gasteiger partial charge in [0.05, 0.1) is 7.11 Å². The maximum atomic E-state index is 12.2. The van der Waals surface area contributed by atoms with Gasteiger partial charge in [-0.3, -0.25) is 9.59 Å². The fraction of sp³-hybridized carbons (Fsp3) is 0.579. The van der Waals surface area contributed by atoms with E-state index in [9.17, 15) is 9.59 Å². The van der Waals surface area contributed by atoms with Crippen molar-refractivity contribution in [2.24, 2.45) is 11.1 Å². The van der Waals surface area contributed by atoms with Crippen molar-refractivity contribution in [3.05, 3.63) is 29.8 Å². The van der Waals surface area contributed by atoms with Crippen molar-refractivity contribution < 1.29 is 14.3 Å². The highest BCUT2D eigenvalue weighted by atomic mass is 16.5. The zero-order chi connectivity index (χ0) is 18.1. The molecule has 2 rings (SSSR count). The van der Waals surface area contributed by atoms with Crippen LogP contribution in [0.2, 0.25) is 0 Å². The molecular weight excluding hydrogens is 318 g/mol. The summed E-state index contributed by atoms with van der Waals surface area (Å²) in [7, 11) is 1.58. The molecule has 1 aliphatic carbocycles. The largest absolute Gasteiger partial charge is 0.497 e. The number of rotatable bonds is 8. The normalized spacial score (nSPS) is 16.1. The van der Waals surface area contributed by atoms with Gasteiger partial charge in [-0.05, 0) is 49.1 Å². The second kappa shape index (κ2) is 9.42. The highest BCUT2D eigenvalue weighted by Gasteiger charge is 2.32. The molecule has 0 aromatic heterocycles. The molecule has 0 aliphatic heterocycles. The third-order valence-corrected chi connectivity index (χ3v) is 4.97. The lowest BCUT2D eigenvalue weighted by Crippen LogP contribution is -2.40. The molecule has 0 atom stereocenters. The Hall–Kier alpha value is -2.08. The van der Waals surface area contributed by atoms with Gasteiger partial charge in [0, 0.05) is 25.1 Å². The average molecular weight is 347 g/mol. The van der Waals surface area contributed by atoms with Crippen molar-refractivity contribution >= 4 is 11.8 Å². The molecule has 1 fully saturated rings. The standard InChI is InChI=1S/C19H29N3O3/c1-25-16-7-5-15(6-8-16)18(24)22-12-11-21-17(23)13-19(14-20)9-3-2-4-10-19/h5-8H,2-4,9-14,20H2,1H3,(H,21,23)(H,22,24). The van der Waals surface area contributed by atoms with Gasteiger partial charge in [0.2, 0.25) is 5.91 Å². The molecule has 25 heavy (non-hydrogen) atoms. The fourth-order valence-corrected chi connectivity index (χ4v) is 3.38. The zero-order valence-corrected chi connectivity index (χ0v) is 15.0. The van der Waals surface area contributed by atoms with Crippen molar-refractivity contribution in [1.82, 2.24) is 10.6 Å². The minimum Gasteiger partial charge on any atom is -0.497 e. The summed E-state index contributed by atoms with van der Waals surface area (Å²) < 4.78 is 5.07. The molecule has 0 unspecified atom stereocenters. The van der Waals surface area contributed by atoms with Crippen LogP contribution in [-0.2, 0) is 4.79 Å². The van der Waals surface area contributed by atoms with Gasteiger partial charge in [0.25, 0.3) is 5.91 Å². The van der Waals surface area contributed by atoms with Crippen LogP contribution < -0.4 is 21.1 Å². The summed E-state index contributed by atoms with van der Waals surface area (Å²) >= 11 is 0. The van der Waals surface area contributed by atoms with Crippen LogP contribution >= 0.6 is 0 Å². The number of carbonyl (C=O) groups excluding carboxylic acids is 2. The number of carbonyl (C=O) groups is 2. The number of nitrogens with one attached hydrogen (secondary N) is 2. The Labute approximate surface area is 149 Å². The SMILES string of the molecule is COc1ccc(C(=O)NCCNC(=O)CC2(CN)CCCCC2)cc1. The van der Waals surface area contributed by atoms with Crippen molar-refractivity contribution in [3.63, 3.8) is 0 Å². The van der Waals surface area contributed by atoms with Crippen LogP contribution in [0.4, 0.5) is 0 Å². The second-order valence-corrected chi connectivity index (χ2v) is 6.78. The van der Waals surface area contributed by atoms with E-state index in [0.29, 0.717) is 37.4 Å². The maximum absolute atomic E-state index is 12.2. The summed E-state index contributed by atoms with van der Waals surface area (Å²) in [5, 5.41) is 5.68. The molecule has 6 heteroatoms. The Balaban J connectivity index is 1.69. The Morgan fingerprint density at radius 2 is 1.72 bits per heavy atom. The summed E-state index contributed by atoms with van der Waals surface area (Å²) in [4.78, 5) is 24.2. The highest BCUT2D eigenvalue weighted by molar-refractivity contribution is 5.94. The molecule has 0 spiro atoms. The van der Waals surface area contributed by atoms with Gasteiger partial charge >= 0.3 is 0 Å². The summed E-state index contributed by atoms with van der Waals surface area (Å²) in [5.74, 6) is 0.564. The number of ether oxygens (including phenoxy) is 1. The van der Waals surface area contributed by atoms with Gasteiger partial charge in [0.1, 0.15) is 5.75 Å². The molecule has 6 nitrogen and oxygen atoms in total. The molecule has 1 aliphatic rings. The highest BCUT2D eigenvalue weighted by Crippen LogP contribution is 2.38. The molecule has 2 amide bonds. The lowest BCUT2D eigenvalue weighted by molar-refractivity contribution is -0.123. The number of hydrogen-bond donors (Lipinski definition) is 3. The first-order valence-electron chi connectivity index (χ1n) is 8.98. The van der Waals surface area contributed by atoms with E-state index < -0.39 is 0 Å².